The first-order valence-electron chi connectivity index (χ1n) is 4.94. The molecule has 0 saturated heterocycles. The Hall–Kier alpha value is -0.510. The molecule has 2 aromatic rings. The molecule has 1 N–H and O–H groups in total. The molecule has 18 heavy (non-hydrogen) atoms. The smallest absolute Gasteiger partial charge is 0.0868 e. The van der Waals surface area contributed by atoms with Gasteiger partial charge < -0.3 is 5.11 Å². The lowest BCUT2D eigenvalue weighted by Crippen LogP contribution is -1.94. The fourth-order valence-corrected chi connectivity index (χ4v) is 2.27. The molecule has 0 radical (unpaired) electrons. The van der Waals surface area contributed by atoms with Gasteiger partial charge in [0.25, 0.3) is 0 Å². The molecule has 1 aromatic heterocycles. The van der Waals surface area contributed by atoms with E-state index in [1.165, 1.54) is 0 Å². The van der Waals surface area contributed by atoms with Crippen molar-refractivity contribution in [1.82, 2.24) is 4.98 Å². The molecular weight excluding hydrogens is 316 g/mol. The van der Waals surface area contributed by atoms with Crippen LogP contribution in [0.5, 0.6) is 0 Å². The highest BCUT2D eigenvalue weighted by atomic mass is 35.5. The highest BCUT2D eigenvalue weighted by Crippen LogP contribution is 2.35. The Kier molecular flexibility index (Phi) is 4.36. The fraction of sp³-hybridized carbons (Fsp3) is 0.0833. The largest absolute Gasteiger partial charge is 0.390 e. The molecule has 0 fully saturated rings. The van der Waals surface area contributed by atoms with Gasteiger partial charge in [-0.15, -0.1) is 0 Å². The van der Waals surface area contributed by atoms with E-state index in [0.717, 1.165) is 0 Å². The van der Waals surface area contributed by atoms with E-state index < -0.39 is 0 Å². The van der Waals surface area contributed by atoms with E-state index in [9.17, 15) is 0 Å². The van der Waals surface area contributed by atoms with E-state index >= 15 is 0 Å². The Labute approximate surface area is 124 Å². The third-order valence-corrected chi connectivity index (χ3v) is 3.73. The zero-order valence-electron chi connectivity index (χ0n) is 8.92. The van der Waals surface area contributed by atoms with Gasteiger partial charge in [0.15, 0.2) is 0 Å². The quantitative estimate of drug-likeness (QED) is 0.801. The van der Waals surface area contributed by atoms with Crippen molar-refractivity contribution >= 4 is 46.4 Å². The number of aliphatic hydroxyl groups excluding tert-OH is 1. The monoisotopic (exact) mass is 321 g/mol. The lowest BCUT2D eigenvalue weighted by Gasteiger charge is -2.08. The summed E-state index contributed by atoms with van der Waals surface area (Å²) in [5, 5.41) is 10.7. The predicted molar refractivity (Wildman–Crippen MR) is 75.6 cm³/mol. The number of halogens is 4. The van der Waals surface area contributed by atoms with Crippen LogP contribution >= 0.6 is 46.4 Å². The number of pyridine rings is 1. The van der Waals surface area contributed by atoms with Gasteiger partial charge in [-0.05, 0) is 24.3 Å². The third-order valence-electron chi connectivity index (χ3n) is 2.35. The molecule has 2 rings (SSSR count). The van der Waals surface area contributed by atoms with Gasteiger partial charge >= 0.3 is 0 Å². The van der Waals surface area contributed by atoms with Crippen molar-refractivity contribution in [3.63, 3.8) is 0 Å². The molecule has 94 valence electrons. The third kappa shape index (κ3) is 2.73. The number of aromatic nitrogens is 1. The standard InChI is InChI=1S/C12H7Cl4NO/c13-7-1-2-11(17-12(7)5-18)6-3-9(15)10(16)4-8(6)14/h1-4,18H,5H2. The Morgan fingerprint density at radius 1 is 0.889 bits per heavy atom. The fourth-order valence-electron chi connectivity index (χ4n) is 1.46. The minimum absolute atomic E-state index is 0.244. The van der Waals surface area contributed by atoms with Crippen LogP contribution in [0.4, 0.5) is 0 Å². The number of hydrogen-bond donors (Lipinski definition) is 1. The second kappa shape index (κ2) is 5.64. The van der Waals surface area contributed by atoms with E-state index in [1.807, 2.05) is 0 Å². The summed E-state index contributed by atoms with van der Waals surface area (Å²) in [5.74, 6) is 0. The van der Waals surface area contributed by atoms with Gasteiger partial charge in [0.2, 0.25) is 0 Å². The van der Waals surface area contributed by atoms with E-state index in [2.05, 4.69) is 4.98 Å². The second-order valence-electron chi connectivity index (χ2n) is 3.53. The van der Waals surface area contributed by atoms with Crippen molar-refractivity contribution < 1.29 is 5.11 Å². The number of nitrogens with zero attached hydrogens (tertiary/aromatic N) is 1. The second-order valence-corrected chi connectivity index (χ2v) is 5.16. The summed E-state index contributed by atoms with van der Waals surface area (Å²) >= 11 is 23.8. The van der Waals surface area contributed by atoms with Crippen molar-refractivity contribution in [2.45, 2.75) is 6.61 Å². The molecule has 0 aliphatic heterocycles. The van der Waals surface area contributed by atoms with E-state index in [4.69, 9.17) is 51.5 Å². The SMILES string of the molecule is OCc1nc(-c2cc(Cl)c(Cl)cc2Cl)ccc1Cl. The first-order chi connectivity index (χ1) is 8.52. The first-order valence-corrected chi connectivity index (χ1v) is 6.45. The molecular formula is C12H7Cl4NO. The van der Waals surface area contributed by atoms with Crippen LogP contribution in [0.2, 0.25) is 20.1 Å². The molecule has 0 aliphatic rings. The van der Waals surface area contributed by atoms with Crippen molar-refractivity contribution in [2.75, 3.05) is 0 Å². The number of rotatable bonds is 2. The number of benzene rings is 1. The van der Waals surface area contributed by atoms with Crippen molar-refractivity contribution in [3.8, 4) is 11.3 Å². The lowest BCUT2D eigenvalue weighted by molar-refractivity contribution is 0.277. The van der Waals surface area contributed by atoms with Crippen LogP contribution in [0.3, 0.4) is 0 Å². The topological polar surface area (TPSA) is 33.1 Å². The van der Waals surface area contributed by atoms with Crippen LogP contribution < -0.4 is 0 Å². The molecule has 6 heteroatoms. The Bertz CT molecular complexity index is 601. The molecule has 1 heterocycles. The maximum absolute atomic E-state index is 9.13. The molecule has 0 atom stereocenters. The van der Waals surface area contributed by atoms with Gasteiger partial charge in [0.1, 0.15) is 0 Å². The Morgan fingerprint density at radius 3 is 2.22 bits per heavy atom. The normalized spacial score (nSPS) is 10.7. The maximum atomic E-state index is 9.13. The highest BCUT2D eigenvalue weighted by Gasteiger charge is 2.11. The lowest BCUT2D eigenvalue weighted by atomic mass is 10.1. The van der Waals surface area contributed by atoms with Crippen LogP contribution in [-0.2, 0) is 6.61 Å². The van der Waals surface area contributed by atoms with Gasteiger partial charge in [-0.2, -0.15) is 0 Å². The summed E-state index contributed by atoms with van der Waals surface area (Å²) in [4.78, 5) is 4.22. The summed E-state index contributed by atoms with van der Waals surface area (Å²) < 4.78 is 0. The van der Waals surface area contributed by atoms with Crippen molar-refractivity contribution in [3.05, 3.63) is 50.0 Å². The van der Waals surface area contributed by atoms with Gasteiger partial charge in [0, 0.05) is 5.56 Å². The van der Waals surface area contributed by atoms with E-state index in [0.29, 0.717) is 37.0 Å². The molecule has 0 bridgehead atoms. The van der Waals surface area contributed by atoms with Crippen LogP contribution in [0.25, 0.3) is 11.3 Å². The molecule has 0 amide bonds. The van der Waals surface area contributed by atoms with Crippen LogP contribution in [-0.4, -0.2) is 10.1 Å². The summed E-state index contributed by atoms with van der Waals surface area (Å²) in [6.07, 6.45) is 0. The zero-order valence-corrected chi connectivity index (χ0v) is 11.9. The minimum atomic E-state index is -0.244. The van der Waals surface area contributed by atoms with Crippen molar-refractivity contribution in [2.24, 2.45) is 0 Å². The van der Waals surface area contributed by atoms with Gasteiger partial charge in [0.05, 0.1) is 38.1 Å². The van der Waals surface area contributed by atoms with Gasteiger partial charge in [-0.1, -0.05) is 46.4 Å². The first kappa shape index (κ1) is 13.9. The van der Waals surface area contributed by atoms with E-state index in [1.54, 1.807) is 24.3 Å². The number of hydrogen-bond acceptors (Lipinski definition) is 2. The van der Waals surface area contributed by atoms with Gasteiger partial charge in [-0.3, -0.25) is 0 Å². The minimum Gasteiger partial charge on any atom is -0.390 e. The van der Waals surface area contributed by atoms with E-state index in [-0.39, 0.29) is 6.61 Å². The molecule has 0 spiro atoms. The average Bonchev–Trinajstić information content (AvgIpc) is 2.35. The maximum Gasteiger partial charge on any atom is 0.0868 e. The Morgan fingerprint density at radius 2 is 1.56 bits per heavy atom. The molecule has 2 nitrogen and oxygen atoms in total. The molecule has 0 saturated carbocycles. The van der Waals surface area contributed by atoms with Crippen LogP contribution in [0.15, 0.2) is 24.3 Å². The van der Waals surface area contributed by atoms with Crippen molar-refractivity contribution in [1.29, 1.82) is 0 Å². The summed E-state index contributed by atoms with van der Waals surface area (Å²) in [5.41, 5.74) is 1.60. The predicted octanol–water partition coefficient (Wildman–Crippen LogP) is 4.85. The average molecular weight is 323 g/mol. The zero-order chi connectivity index (χ0) is 13.3. The molecule has 0 unspecified atom stereocenters. The van der Waals surface area contributed by atoms with Crippen LogP contribution in [0.1, 0.15) is 5.69 Å². The summed E-state index contributed by atoms with van der Waals surface area (Å²) in [6.45, 7) is -0.244. The molecule has 1 aromatic carbocycles. The Balaban J connectivity index is 2.58. The summed E-state index contributed by atoms with van der Waals surface area (Å²) in [6, 6.07) is 6.53. The summed E-state index contributed by atoms with van der Waals surface area (Å²) in [7, 11) is 0. The van der Waals surface area contributed by atoms with Crippen LogP contribution in [0, 0.1) is 0 Å². The highest BCUT2D eigenvalue weighted by molar-refractivity contribution is 6.44. The molecule has 0 aliphatic carbocycles. The van der Waals surface area contributed by atoms with Gasteiger partial charge in [-0.25, -0.2) is 4.98 Å². The number of aliphatic hydroxyl groups is 1.